The third-order valence-corrected chi connectivity index (χ3v) is 3.38. The van der Waals surface area contributed by atoms with Gasteiger partial charge in [0.2, 0.25) is 0 Å². The van der Waals surface area contributed by atoms with Crippen LogP contribution in [0.4, 0.5) is 0 Å². The predicted molar refractivity (Wildman–Crippen MR) is 84.6 cm³/mol. The molecule has 22 heavy (non-hydrogen) atoms. The zero-order valence-electron chi connectivity index (χ0n) is 12.6. The summed E-state index contributed by atoms with van der Waals surface area (Å²) in [5, 5.41) is 0.775. The molecule has 2 heterocycles. The number of hydrogen-bond donors (Lipinski definition) is 0. The minimum atomic E-state index is -0.349. The molecular weight excluding hydrogens is 278 g/mol. The van der Waals surface area contributed by atoms with E-state index in [4.69, 9.17) is 4.74 Å². The predicted octanol–water partition coefficient (Wildman–Crippen LogP) is 3.43. The van der Waals surface area contributed by atoms with Gasteiger partial charge in [-0.25, -0.2) is 9.97 Å². The van der Waals surface area contributed by atoms with Crippen molar-refractivity contribution in [1.29, 1.82) is 0 Å². The molecule has 3 rings (SSSR count). The highest BCUT2D eigenvalue weighted by Crippen LogP contribution is 2.34. The average molecular weight is 295 g/mol. The van der Waals surface area contributed by atoms with Crippen molar-refractivity contribution < 1.29 is 9.53 Å². The lowest BCUT2D eigenvalue weighted by molar-refractivity contribution is -0.131. The maximum absolute atomic E-state index is 11.4. The van der Waals surface area contributed by atoms with Crippen molar-refractivity contribution in [3.8, 4) is 17.0 Å². The number of hydrogen-bond acceptors (Lipinski definition) is 4. The molecule has 0 N–H and O–H groups in total. The Hall–Kier alpha value is -2.69. The summed E-state index contributed by atoms with van der Waals surface area (Å²) in [6, 6.07) is 9.83. The van der Waals surface area contributed by atoms with Gasteiger partial charge >= 0.3 is 5.97 Å². The molecule has 0 aliphatic carbocycles. The van der Waals surface area contributed by atoms with Crippen molar-refractivity contribution in [2.75, 3.05) is 0 Å². The first-order valence-corrected chi connectivity index (χ1v) is 7.28. The maximum atomic E-state index is 11.4. The van der Waals surface area contributed by atoms with E-state index in [0.29, 0.717) is 5.75 Å². The average Bonchev–Trinajstić information content (AvgIpc) is 2.86. The monoisotopic (exact) mass is 295 g/mol. The summed E-state index contributed by atoms with van der Waals surface area (Å²) >= 11 is 0. The van der Waals surface area contributed by atoms with Crippen molar-refractivity contribution in [2.24, 2.45) is 0 Å². The van der Waals surface area contributed by atoms with Gasteiger partial charge in [-0.1, -0.05) is 37.3 Å². The number of benzene rings is 1. The van der Waals surface area contributed by atoms with Crippen LogP contribution in [0.2, 0.25) is 0 Å². The highest BCUT2D eigenvalue weighted by molar-refractivity contribution is 5.97. The van der Waals surface area contributed by atoms with Gasteiger partial charge in [0.25, 0.3) is 0 Å². The van der Waals surface area contributed by atoms with Crippen LogP contribution >= 0.6 is 0 Å². The van der Waals surface area contributed by atoms with E-state index >= 15 is 0 Å². The lowest BCUT2D eigenvalue weighted by Gasteiger charge is -2.05. The standard InChI is InChI=1S/C17H17N3O2/c1-3-9-20-10-14(22-12(2)21)15-16(18-11-19-17(15)20)13-7-5-4-6-8-13/h4-8,10-11H,3,9H2,1-2H3. The van der Waals surface area contributed by atoms with Crippen LogP contribution in [-0.4, -0.2) is 20.5 Å². The van der Waals surface area contributed by atoms with Crippen LogP contribution in [0.3, 0.4) is 0 Å². The highest BCUT2D eigenvalue weighted by Gasteiger charge is 2.18. The van der Waals surface area contributed by atoms with Crippen LogP contribution in [0.15, 0.2) is 42.9 Å². The summed E-state index contributed by atoms with van der Waals surface area (Å²) in [5.74, 6) is 0.161. The van der Waals surface area contributed by atoms with Crippen LogP contribution < -0.4 is 4.74 Å². The number of ether oxygens (including phenoxy) is 1. The van der Waals surface area contributed by atoms with Gasteiger partial charge in [-0.2, -0.15) is 0 Å². The van der Waals surface area contributed by atoms with Gasteiger partial charge in [-0.15, -0.1) is 0 Å². The Morgan fingerprint density at radius 2 is 2.00 bits per heavy atom. The van der Waals surface area contributed by atoms with Gasteiger partial charge in [0.15, 0.2) is 5.75 Å². The molecule has 112 valence electrons. The SMILES string of the molecule is CCCn1cc(OC(C)=O)c2c(-c3ccccc3)ncnc21. The number of esters is 1. The summed E-state index contributed by atoms with van der Waals surface area (Å²) < 4.78 is 7.38. The summed E-state index contributed by atoms with van der Waals surface area (Å²) in [6.07, 6.45) is 4.35. The molecule has 5 heteroatoms. The van der Waals surface area contributed by atoms with Crippen molar-refractivity contribution in [3.63, 3.8) is 0 Å². The molecule has 1 aromatic carbocycles. The van der Waals surface area contributed by atoms with Gasteiger partial charge in [-0.05, 0) is 6.42 Å². The molecule has 0 atom stereocenters. The zero-order chi connectivity index (χ0) is 15.5. The number of rotatable bonds is 4. The number of fused-ring (bicyclic) bond motifs is 1. The Kier molecular flexibility index (Phi) is 3.87. The zero-order valence-corrected chi connectivity index (χ0v) is 12.6. The number of aromatic nitrogens is 3. The summed E-state index contributed by atoms with van der Waals surface area (Å²) in [4.78, 5) is 20.2. The Bertz CT molecular complexity index is 809. The van der Waals surface area contributed by atoms with E-state index in [0.717, 1.165) is 35.3 Å². The maximum Gasteiger partial charge on any atom is 0.308 e. The van der Waals surface area contributed by atoms with Gasteiger partial charge in [0.05, 0.1) is 11.1 Å². The molecule has 0 unspecified atom stereocenters. The molecular formula is C17H17N3O2. The number of nitrogens with zero attached hydrogens (tertiary/aromatic N) is 3. The molecule has 0 saturated carbocycles. The quantitative estimate of drug-likeness (QED) is 0.692. The Morgan fingerprint density at radius 1 is 1.23 bits per heavy atom. The highest BCUT2D eigenvalue weighted by atomic mass is 16.5. The summed E-state index contributed by atoms with van der Waals surface area (Å²) in [5.41, 5.74) is 2.53. The third kappa shape index (κ3) is 2.57. The van der Waals surface area contributed by atoms with Crippen LogP contribution in [-0.2, 0) is 11.3 Å². The minimum Gasteiger partial charge on any atom is -0.424 e. The lowest BCUT2D eigenvalue weighted by atomic mass is 10.1. The van der Waals surface area contributed by atoms with Gasteiger partial charge in [-0.3, -0.25) is 4.79 Å². The van der Waals surface area contributed by atoms with Gasteiger partial charge in [0.1, 0.15) is 12.0 Å². The molecule has 0 spiro atoms. The molecule has 5 nitrogen and oxygen atoms in total. The Balaban J connectivity index is 2.27. The second-order valence-corrected chi connectivity index (χ2v) is 5.07. The molecule has 0 radical (unpaired) electrons. The van der Waals surface area contributed by atoms with E-state index in [-0.39, 0.29) is 5.97 Å². The van der Waals surface area contributed by atoms with Crippen molar-refractivity contribution in [2.45, 2.75) is 26.8 Å². The van der Waals surface area contributed by atoms with Crippen molar-refractivity contribution in [1.82, 2.24) is 14.5 Å². The van der Waals surface area contributed by atoms with Crippen LogP contribution in [0.25, 0.3) is 22.3 Å². The molecule has 2 aromatic heterocycles. The number of aryl methyl sites for hydroxylation is 1. The fourth-order valence-corrected chi connectivity index (χ4v) is 2.55. The molecule has 0 aliphatic rings. The fraction of sp³-hybridized carbons (Fsp3) is 0.235. The van der Waals surface area contributed by atoms with E-state index in [2.05, 4.69) is 16.9 Å². The van der Waals surface area contributed by atoms with Crippen molar-refractivity contribution in [3.05, 3.63) is 42.9 Å². The molecule has 0 saturated heterocycles. The van der Waals surface area contributed by atoms with E-state index < -0.39 is 0 Å². The smallest absolute Gasteiger partial charge is 0.308 e. The normalized spacial score (nSPS) is 10.8. The summed E-state index contributed by atoms with van der Waals surface area (Å²) in [6.45, 7) is 4.30. The molecule has 0 amide bonds. The summed E-state index contributed by atoms with van der Waals surface area (Å²) in [7, 11) is 0. The van der Waals surface area contributed by atoms with E-state index in [1.165, 1.54) is 6.92 Å². The third-order valence-electron chi connectivity index (χ3n) is 3.38. The second kappa shape index (κ2) is 5.97. The van der Waals surface area contributed by atoms with E-state index in [9.17, 15) is 4.79 Å². The lowest BCUT2D eigenvalue weighted by Crippen LogP contribution is -2.01. The topological polar surface area (TPSA) is 57.0 Å². The minimum absolute atomic E-state index is 0.349. The number of carbonyl (C=O) groups excluding carboxylic acids is 1. The van der Waals surface area contributed by atoms with E-state index in [1.54, 1.807) is 6.33 Å². The first-order chi connectivity index (χ1) is 10.7. The Morgan fingerprint density at radius 3 is 2.68 bits per heavy atom. The largest absolute Gasteiger partial charge is 0.424 e. The number of carbonyl (C=O) groups is 1. The molecule has 0 fully saturated rings. The first kappa shape index (κ1) is 14.3. The fourth-order valence-electron chi connectivity index (χ4n) is 2.55. The Labute approximate surface area is 128 Å². The van der Waals surface area contributed by atoms with Crippen molar-refractivity contribution >= 4 is 17.0 Å². The molecule has 3 aromatic rings. The second-order valence-electron chi connectivity index (χ2n) is 5.07. The first-order valence-electron chi connectivity index (χ1n) is 7.28. The molecule has 0 aliphatic heterocycles. The van der Waals surface area contributed by atoms with Gasteiger partial charge < -0.3 is 9.30 Å². The van der Waals surface area contributed by atoms with Crippen LogP contribution in [0, 0.1) is 0 Å². The van der Waals surface area contributed by atoms with Crippen LogP contribution in [0.5, 0.6) is 5.75 Å². The molecule has 0 bridgehead atoms. The van der Waals surface area contributed by atoms with E-state index in [1.807, 2.05) is 41.1 Å². The van der Waals surface area contributed by atoms with Gasteiger partial charge in [0, 0.05) is 25.2 Å². The van der Waals surface area contributed by atoms with Crippen LogP contribution in [0.1, 0.15) is 20.3 Å².